The minimum atomic E-state index is -4.88. The molecule has 45 heavy (non-hydrogen) atoms. The molecule has 0 radical (unpaired) electrons. The zero-order chi connectivity index (χ0) is 32.6. The molecule has 2 heterocycles. The molecule has 0 bridgehead atoms. The van der Waals surface area contributed by atoms with E-state index in [1.807, 2.05) is 0 Å². The van der Waals surface area contributed by atoms with Crippen LogP contribution < -0.4 is 11.1 Å². The van der Waals surface area contributed by atoms with Gasteiger partial charge in [-0.3, -0.25) is 14.6 Å². The maximum absolute atomic E-state index is 14.3. The number of hydrogen-bond donors (Lipinski definition) is 2. The van der Waals surface area contributed by atoms with E-state index in [1.54, 1.807) is 19.9 Å². The number of amides is 2. The third kappa shape index (κ3) is 6.66. The number of fused-ring (bicyclic) bond motifs is 1. The Hall–Kier alpha value is -5.20. The predicted octanol–water partition coefficient (Wildman–Crippen LogP) is 6.35. The van der Waals surface area contributed by atoms with E-state index in [4.69, 9.17) is 5.73 Å². The molecule has 5 rings (SSSR count). The van der Waals surface area contributed by atoms with Crippen LogP contribution >= 0.6 is 0 Å². The van der Waals surface area contributed by atoms with Crippen LogP contribution in [0.1, 0.15) is 44.6 Å². The van der Waals surface area contributed by atoms with Crippen molar-refractivity contribution in [1.29, 1.82) is 0 Å². The first-order valence-electron chi connectivity index (χ1n) is 13.5. The van der Waals surface area contributed by atoms with Gasteiger partial charge >= 0.3 is 6.18 Å². The van der Waals surface area contributed by atoms with Crippen molar-refractivity contribution in [1.82, 2.24) is 19.9 Å². The molecule has 0 fully saturated rings. The van der Waals surface area contributed by atoms with Crippen molar-refractivity contribution in [2.24, 2.45) is 5.73 Å². The Kier molecular flexibility index (Phi) is 8.37. The minimum Gasteiger partial charge on any atom is -0.366 e. The van der Waals surface area contributed by atoms with Gasteiger partial charge in [0, 0.05) is 17.8 Å². The van der Waals surface area contributed by atoms with Gasteiger partial charge in [0.15, 0.2) is 0 Å². The van der Waals surface area contributed by atoms with Crippen molar-refractivity contribution in [2.75, 3.05) is 0 Å². The summed E-state index contributed by atoms with van der Waals surface area (Å²) in [6.45, 7) is 2.65. The lowest BCUT2D eigenvalue weighted by Gasteiger charge is -2.22. The van der Waals surface area contributed by atoms with Gasteiger partial charge in [-0.15, -0.1) is 0 Å². The number of alkyl halides is 3. The summed E-state index contributed by atoms with van der Waals surface area (Å²) in [6.07, 6.45) is -3.74. The summed E-state index contributed by atoms with van der Waals surface area (Å²) in [5, 5.41) is 2.66. The van der Waals surface area contributed by atoms with Crippen LogP contribution in [-0.4, -0.2) is 26.3 Å². The lowest BCUT2D eigenvalue weighted by molar-refractivity contribution is -0.147. The minimum absolute atomic E-state index is 0.0542. The van der Waals surface area contributed by atoms with Crippen LogP contribution in [0.15, 0.2) is 66.9 Å². The number of nitrogens with two attached hydrogens (primary N) is 1. The Bertz CT molecular complexity index is 1930. The molecule has 0 saturated heterocycles. The second-order valence-electron chi connectivity index (χ2n) is 10.5. The fourth-order valence-electron chi connectivity index (χ4n) is 5.14. The molecule has 3 aromatic carbocycles. The average Bonchev–Trinajstić information content (AvgIpc) is 3.29. The number of nitrogens with zero attached hydrogens (tertiary/aromatic N) is 3. The molecule has 1 atom stereocenters. The highest BCUT2D eigenvalue weighted by Crippen LogP contribution is 2.33. The Morgan fingerprint density at radius 1 is 0.956 bits per heavy atom. The molecule has 5 aromatic rings. The SMILES string of the molecule is Cc1cc2nc(C(F)(F)F)n(CC(=O)NC(Cc3cc(F)cc(F)c3)c3ncccc3-c3ccc(F)c(C(N)=O)c3)c2cc1C. The first-order chi connectivity index (χ1) is 21.2. The number of benzene rings is 3. The zero-order valence-electron chi connectivity index (χ0n) is 23.8. The normalized spacial score (nSPS) is 12.4. The summed E-state index contributed by atoms with van der Waals surface area (Å²) in [6, 6.07) is 11.3. The number of primary amides is 1. The second kappa shape index (κ2) is 12.1. The number of aryl methyl sites for hydroxylation is 2. The van der Waals surface area contributed by atoms with E-state index in [2.05, 4.69) is 15.3 Å². The van der Waals surface area contributed by atoms with Crippen LogP contribution in [0.4, 0.5) is 26.3 Å². The second-order valence-corrected chi connectivity index (χ2v) is 10.5. The zero-order valence-corrected chi connectivity index (χ0v) is 23.8. The topological polar surface area (TPSA) is 103 Å². The van der Waals surface area contributed by atoms with E-state index in [0.29, 0.717) is 17.2 Å². The van der Waals surface area contributed by atoms with E-state index < -0.39 is 59.4 Å². The Morgan fingerprint density at radius 3 is 2.31 bits per heavy atom. The lowest BCUT2D eigenvalue weighted by atomic mass is 9.94. The van der Waals surface area contributed by atoms with Gasteiger partial charge < -0.3 is 15.6 Å². The van der Waals surface area contributed by atoms with Gasteiger partial charge in [-0.05, 0) is 85.0 Å². The molecule has 1 unspecified atom stereocenters. The molecular formula is C32H25F6N5O2. The third-order valence-electron chi connectivity index (χ3n) is 7.33. The number of hydrogen-bond acceptors (Lipinski definition) is 4. The molecule has 2 amide bonds. The van der Waals surface area contributed by atoms with Crippen LogP contribution in [-0.2, 0) is 23.9 Å². The van der Waals surface area contributed by atoms with E-state index in [-0.39, 0.29) is 34.3 Å². The molecular weight excluding hydrogens is 600 g/mol. The molecule has 2 aromatic heterocycles. The summed E-state index contributed by atoms with van der Waals surface area (Å²) in [4.78, 5) is 33.4. The number of carbonyl (C=O) groups excluding carboxylic acids is 2. The van der Waals surface area contributed by atoms with E-state index >= 15 is 0 Å². The molecule has 0 aliphatic carbocycles. The van der Waals surface area contributed by atoms with Crippen molar-refractivity contribution in [3.8, 4) is 11.1 Å². The molecule has 13 heteroatoms. The fourth-order valence-corrected chi connectivity index (χ4v) is 5.14. The quantitative estimate of drug-likeness (QED) is 0.196. The standard InChI is InChI=1S/C32H25F6N5O2/c1-16-8-25-27(9-17(16)2)43(31(42-25)32(36,37)38)15-28(44)41-26(12-18-10-20(33)14-21(34)11-18)29-22(4-3-7-40-29)19-5-6-24(35)23(13-19)30(39)45/h3-11,13-14,26H,12,15H2,1-2H3,(H2,39,45)(H,41,44). The first kappa shape index (κ1) is 31.2. The number of imidazole rings is 1. The predicted molar refractivity (Wildman–Crippen MR) is 153 cm³/mol. The van der Waals surface area contributed by atoms with Crippen LogP contribution in [0.5, 0.6) is 0 Å². The summed E-state index contributed by atoms with van der Waals surface area (Å²) in [5.74, 6) is -5.81. The monoisotopic (exact) mass is 625 g/mol. The van der Waals surface area contributed by atoms with Crippen LogP contribution in [0.25, 0.3) is 22.2 Å². The molecule has 0 saturated carbocycles. The lowest BCUT2D eigenvalue weighted by Crippen LogP contribution is -2.34. The fraction of sp³-hybridized carbons (Fsp3) is 0.188. The molecule has 7 nitrogen and oxygen atoms in total. The van der Waals surface area contributed by atoms with Crippen molar-refractivity contribution in [2.45, 2.75) is 39.0 Å². The largest absolute Gasteiger partial charge is 0.449 e. The van der Waals surface area contributed by atoms with Crippen molar-refractivity contribution >= 4 is 22.8 Å². The highest BCUT2D eigenvalue weighted by Gasteiger charge is 2.38. The van der Waals surface area contributed by atoms with Gasteiger partial charge in [0.1, 0.15) is 24.0 Å². The first-order valence-corrected chi connectivity index (χ1v) is 13.5. The van der Waals surface area contributed by atoms with Gasteiger partial charge in [-0.1, -0.05) is 12.1 Å². The van der Waals surface area contributed by atoms with Crippen LogP contribution in [0.3, 0.4) is 0 Å². The average molecular weight is 626 g/mol. The van der Waals surface area contributed by atoms with E-state index in [1.165, 1.54) is 36.5 Å². The highest BCUT2D eigenvalue weighted by atomic mass is 19.4. The van der Waals surface area contributed by atoms with Crippen molar-refractivity contribution in [3.05, 3.63) is 118 Å². The number of aromatic nitrogens is 3. The summed E-state index contributed by atoms with van der Waals surface area (Å²) in [5.41, 5.74) is 7.29. The van der Waals surface area contributed by atoms with Gasteiger partial charge in [-0.2, -0.15) is 13.2 Å². The van der Waals surface area contributed by atoms with Crippen molar-refractivity contribution in [3.63, 3.8) is 0 Å². The maximum Gasteiger partial charge on any atom is 0.449 e. The summed E-state index contributed by atoms with van der Waals surface area (Å²) in [7, 11) is 0. The third-order valence-corrected chi connectivity index (χ3v) is 7.33. The van der Waals surface area contributed by atoms with Crippen molar-refractivity contribution < 1.29 is 35.9 Å². The molecule has 0 aliphatic rings. The number of pyridine rings is 1. The van der Waals surface area contributed by atoms with Gasteiger partial charge in [0.2, 0.25) is 11.7 Å². The van der Waals surface area contributed by atoms with E-state index in [9.17, 15) is 35.9 Å². The molecule has 0 spiro atoms. The molecule has 232 valence electrons. The Morgan fingerprint density at radius 2 is 1.64 bits per heavy atom. The smallest absolute Gasteiger partial charge is 0.366 e. The number of nitrogens with one attached hydrogen (secondary N) is 1. The van der Waals surface area contributed by atoms with Gasteiger partial charge in [0.25, 0.3) is 5.91 Å². The summed E-state index contributed by atoms with van der Waals surface area (Å²) >= 11 is 0. The number of halogens is 6. The Balaban J connectivity index is 1.58. The highest BCUT2D eigenvalue weighted by molar-refractivity contribution is 5.94. The van der Waals surface area contributed by atoms with Gasteiger partial charge in [-0.25, -0.2) is 18.2 Å². The maximum atomic E-state index is 14.3. The molecule has 0 aliphatic heterocycles. The number of rotatable bonds is 8. The number of carbonyl (C=O) groups is 2. The van der Waals surface area contributed by atoms with E-state index in [0.717, 1.165) is 28.3 Å². The Labute approximate surface area is 252 Å². The van der Waals surface area contributed by atoms with Crippen LogP contribution in [0, 0.1) is 31.3 Å². The molecule has 3 N–H and O–H groups in total. The van der Waals surface area contributed by atoms with Gasteiger partial charge in [0.05, 0.1) is 28.3 Å². The van der Waals surface area contributed by atoms with Crippen LogP contribution in [0.2, 0.25) is 0 Å². The summed E-state index contributed by atoms with van der Waals surface area (Å²) < 4.78 is 85.4.